The van der Waals surface area contributed by atoms with E-state index in [9.17, 15) is 8.42 Å². The molecular weight excluding hydrogens is 224 g/mol. The number of nitrogens with one attached hydrogen (secondary N) is 1. The van der Waals surface area contributed by atoms with Gasteiger partial charge in [-0.2, -0.15) is 0 Å². The van der Waals surface area contributed by atoms with E-state index in [1.165, 1.54) is 19.3 Å². The summed E-state index contributed by atoms with van der Waals surface area (Å²) in [5.41, 5.74) is 5.32. The van der Waals surface area contributed by atoms with E-state index in [0.717, 1.165) is 12.8 Å². The molecule has 4 nitrogen and oxygen atoms in total. The maximum Gasteiger partial charge on any atom is 0.211 e. The third-order valence-corrected chi connectivity index (χ3v) is 4.90. The number of rotatable bonds is 6. The van der Waals surface area contributed by atoms with Crippen molar-refractivity contribution in [3.05, 3.63) is 0 Å². The molecule has 0 saturated heterocycles. The summed E-state index contributed by atoms with van der Waals surface area (Å²) in [5.74, 6) is 0.669. The highest BCUT2D eigenvalue weighted by atomic mass is 32.2. The predicted octanol–water partition coefficient (Wildman–Crippen LogP) is 1.22. The Kier molecular flexibility index (Phi) is 5.72. The largest absolute Gasteiger partial charge is 0.330 e. The van der Waals surface area contributed by atoms with Crippen LogP contribution < -0.4 is 10.5 Å². The molecule has 1 unspecified atom stereocenters. The second-order valence-corrected chi connectivity index (χ2v) is 6.64. The summed E-state index contributed by atoms with van der Waals surface area (Å²) in [5, 5.41) is 0. The van der Waals surface area contributed by atoms with Gasteiger partial charge in [0.05, 0.1) is 5.75 Å². The van der Waals surface area contributed by atoms with Gasteiger partial charge in [-0.25, -0.2) is 13.1 Å². The Morgan fingerprint density at radius 3 is 2.50 bits per heavy atom. The molecule has 0 aromatic heterocycles. The first-order valence-electron chi connectivity index (χ1n) is 6.25. The van der Waals surface area contributed by atoms with Gasteiger partial charge in [-0.1, -0.05) is 19.3 Å². The van der Waals surface area contributed by atoms with E-state index >= 15 is 0 Å². The molecule has 1 rings (SSSR count). The van der Waals surface area contributed by atoms with Crippen molar-refractivity contribution >= 4 is 10.0 Å². The molecule has 0 aliphatic heterocycles. The molecule has 0 heterocycles. The minimum absolute atomic E-state index is 0.0723. The van der Waals surface area contributed by atoms with Gasteiger partial charge in [0.15, 0.2) is 0 Å². The van der Waals surface area contributed by atoms with Gasteiger partial charge in [-0.15, -0.1) is 0 Å². The highest BCUT2D eigenvalue weighted by Gasteiger charge is 2.23. The van der Waals surface area contributed by atoms with Crippen molar-refractivity contribution in [2.45, 2.75) is 51.5 Å². The lowest BCUT2D eigenvalue weighted by Gasteiger charge is -2.28. The standard InChI is InChI=1S/C11H24N2O2S/c1-10(11-6-3-2-4-7-11)13-16(14,15)9-5-8-12/h10-11,13H,2-9,12H2,1H3. The molecule has 0 aromatic rings. The highest BCUT2D eigenvalue weighted by Crippen LogP contribution is 2.26. The zero-order valence-electron chi connectivity index (χ0n) is 10.1. The minimum Gasteiger partial charge on any atom is -0.330 e. The number of nitrogens with two attached hydrogens (primary N) is 1. The average Bonchev–Trinajstić information content (AvgIpc) is 2.27. The average molecular weight is 248 g/mol. The van der Waals surface area contributed by atoms with Gasteiger partial charge in [0.1, 0.15) is 0 Å². The Morgan fingerprint density at radius 1 is 1.31 bits per heavy atom. The van der Waals surface area contributed by atoms with Gasteiger partial charge in [0.2, 0.25) is 10.0 Å². The van der Waals surface area contributed by atoms with Crippen LogP contribution in [0.25, 0.3) is 0 Å². The number of sulfonamides is 1. The van der Waals surface area contributed by atoms with Crippen LogP contribution in [0.5, 0.6) is 0 Å². The zero-order chi connectivity index (χ0) is 12.0. The molecule has 0 bridgehead atoms. The van der Waals surface area contributed by atoms with E-state index in [1.807, 2.05) is 6.92 Å². The van der Waals surface area contributed by atoms with Gasteiger partial charge < -0.3 is 5.73 Å². The molecule has 3 N–H and O–H groups in total. The Labute approximate surface area is 99.0 Å². The van der Waals surface area contributed by atoms with Crippen LogP contribution in [0.4, 0.5) is 0 Å². The van der Waals surface area contributed by atoms with Crippen LogP contribution in [-0.2, 0) is 10.0 Å². The van der Waals surface area contributed by atoms with Crippen molar-refractivity contribution in [3.63, 3.8) is 0 Å². The molecule has 16 heavy (non-hydrogen) atoms. The summed E-state index contributed by atoms with van der Waals surface area (Å²) >= 11 is 0. The second-order valence-electron chi connectivity index (χ2n) is 4.77. The molecule has 5 heteroatoms. The van der Waals surface area contributed by atoms with Crippen LogP contribution in [0, 0.1) is 5.92 Å². The quantitative estimate of drug-likeness (QED) is 0.742. The van der Waals surface area contributed by atoms with Gasteiger partial charge in [0.25, 0.3) is 0 Å². The van der Waals surface area contributed by atoms with Gasteiger partial charge in [-0.3, -0.25) is 0 Å². The van der Waals surface area contributed by atoms with Crippen molar-refractivity contribution < 1.29 is 8.42 Å². The van der Waals surface area contributed by atoms with Crippen molar-refractivity contribution in [1.29, 1.82) is 0 Å². The highest BCUT2D eigenvalue weighted by molar-refractivity contribution is 7.89. The third kappa shape index (κ3) is 4.80. The van der Waals surface area contributed by atoms with Crippen LogP contribution in [0.2, 0.25) is 0 Å². The van der Waals surface area contributed by atoms with Crippen LogP contribution >= 0.6 is 0 Å². The Morgan fingerprint density at radius 2 is 1.94 bits per heavy atom. The molecular formula is C11H24N2O2S. The summed E-state index contributed by atoms with van der Waals surface area (Å²) in [6.45, 7) is 2.41. The zero-order valence-corrected chi connectivity index (χ0v) is 10.9. The van der Waals surface area contributed by atoms with Gasteiger partial charge in [-0.05, 0) is 38.6 Å². The Hall–Kier alpha value is -0.130. The Bertz CT molecular complexity index is 284. The van der Waals surface area contributed by atoms with Crippen molar-refractivity contribution in [2.24, 2.45) is 11.7 Å². The smallest absolute Gasteiger partial charge is 0.211 e. The molecule has 0 radical (unpaired) electrons. The Balaban J connectivity index is 2.39. The molecule has 1 aliphatic carbocycles. The third-order valence-electron chi connectivity index (χ3n) is 3.34. The van der Waals surface area contributed by atoms with E-state index < -0.39 is 10.0 Å². The molecule has 1 aliphatic rings. The summed E-state index contributed by atoms with van der Waals surface area (Å²) in [6, 6.07) is 0.0723. The monoisotopic (exact) mass is 248 g/mol. The molecule has 0 amide bonds. The van der Waals surface area contributed by atoms with E-state index in [0.29, 0.717) is 18.9 Å². The van der Waals surface area contributed by atoms with Crippen molar-refractivity contribution in [1.82, 2.24) is 4.72 Å². The first-order valence-corrected chi connectivity index (χ1v) is 7.90. The summed E-state index contributed by atoms with van der Waals surface area (Å²) in [7, 11) is -3.12. The topological polar surface area (TPSA) is 72.2 Å². The fourth-order valence-electron chi connectivity index (χ4n) is 2.35. The van der Waals surface area contributed by atoms with Crippen LogP contribution in [-0.4, -0.2) is 26.8 Å². The lowest BCUT2D eigenvalue weighted by Crippen LogP contribution is -2.40. The summed E-state index contributed by atoms with van der Waals surface area (Å²) < 4.78 is 26.1. The first-order chi connectivity index (χ1) is 7.55. The molecule has 0 aromatic carbocycles. The number of hydrogen-bond acceptors (Lipinski definition) is 3. The molecule has 96 valence electrons. The lowest BCUT2D eigenvalue weighted by molar-refractivity contribution is 0.303. The van der Waals surface area contributed by atoms with E-state index in [1.54, 1.807) is 0 Å². The van der Waals surface area contributed by atoms with Crippen molar-refractivity contribution in [3.8, 4) is 0 Å². The minimum atomic E-state index is -3.12. The van der Waals surface area contributed by atoms with Gasteiger partial charge >= 0.3 is 0 Å². The molecule has 1 atom stereocenters. The first kappa shape index (κ1) is 13.9. The van der Waals surface area contributed by atoms with Crippen molar-refractivity contribution in [2.75, 3.05) is 12.3 Å². The van der Waals surface area contributed by atoms with Gasteiger partial charge in [0, 0.05) is 6.04 Å². The maximum atomic E-state index is 11.7. The maximum absolute atomic E-state index is 11.7. The normalized spacial score (nSPS) is 20.9. The fraction of sp³-hybridized carbons (Fsp3) is 1.00. The van der Waals surface area contributed by atoms with Crippen LogP contribution in [0.1, 0.15) is 45.4 Å². The molecule has 1 fully saturated rings. The molecule has 0 spiro atoms. The lowest BCUT2D eigenvalue weighted by atomic mass is 9.85. The number of hydrogen-bond donors (Lipinski definition) is 2. The predicted molar refractivity (Wildman–Crippen MR) is 66.6 cm³/mol. The molecule has 1 saturated carbocycles. The van der Waals surface area contributed by atoms with E-state index in [4.69, 9.17) is 5.73 Å². The SMILES string of the molecule is CC(NS(=O)(=O)CCCN)C1CCCCC1. The summed E-state index contributed by atoms with van der Waals surface area (Å²) in [4.78, 5) is 0. The van der Waals surface area contributed by atoms with Crippen LogP contribution in [0.3, 0.4) is 0 Å². The van der Waals surface area contributed by atoms with Crippen LogP contribution in [0.15, 0.2) is 0 Å². The van der Waals surface area contributed by atoms with E-state index in [2.05, 4.69) is 4.72 Å². The summed E-state index contributed by atoms with van der Waals surface area (Å²) in [6.07, 6.45) is 6.61. The fourth-order valence-corrected chi connectivity index (χ4v) is 3.77. The van der Waals surface area contributed by atoms with E-state index in [-0.39, 0.29) is 11.8 Å². The second kappa shape index (κ2) is 6.57.